The first-order chi connectivity index (χ1) is 16.6. The van der Waals surface area contributed by atoms with E-state index < -0.39 is 5.60 Å². The van der Waals surface area contributed by atoms with Crippen LogP contribution < -0.4 is 5.32 Å². The molecule has 0 spiro atoms. The topological polar surface area (TPSA) is 64.6 Å². The van der Waals surface area contributed by atoms with E-state index in [2.05, 4.69) is 29.6 Å². The maximum Gasteiger partial charge on any atom is 0.407 e. The number of nitrogens with one attached hydrogen (secondary N) is 1. The second-order valence-electron chi connectivity index (χ2n) is 10.3. The lowest BCUT2D eigenvalue weighted by Crippen LogP contribution is -2.43. The monoisotopic (exact) mass is 499 g/mol. The fourth-order valence-corrected chi connectivity index (χ4v) is 4.97. The highest BCUT2D eigenvalue weighted by Gasteiger charge is 2.31. The number of carbonyl (C=O) groups is 2. The molecule has 2 atom stereocenters. The van der Waals surface area contributed by atoms with E-state index in [-0.39, 0.29) is 24.0 Å². The third-order valence-corrected chi connectivity index (χ3v) is 6.49. The van der Waals surface area contributed by atoms with E-state index in [1.165, 1.54) is 16.7 Å². The number of amides is 1. The average molecular weight is 500 g/mol. The molecular weight excluding hydrogens is 462 g/mol. The summed E-state index contributed by atoms with van der Waals surface area (Å²) in [6, 6.07) is 14.6. The minimum atomic E-state index is -0.443. The molecule has 0 bridgehead atoms. The number of alkyl carbamates (subject to hydrolysis) is 1. The Balaban J connectivity index is 1.73. The van der Waals surface area contributed by atoms with Crippen molar-refractivity contribution in [2.75, 3.05) is 6.61 Å². The largest absolute Gasteiger partial charge is 0.460 e. The predicted molar refractivity (Wildman–Crippen MR) is 140 cm³/mol. The molecule has 1 N–H and O–H groups in total. The lowest BCUT2D eigenvalue weighted by atomic mass is 9.75. The molecular formula is C29H38ClNO4. The third-order valence-electron chi connectivity index (χ3n) is 6.26. The van der Waals surface area contributed by atoms with Crippen LogP contribution >= 0.6 is 11.6 Å². The first-order valence-corrected chi connectivity index (χ1v) is 13.0. The van der Waals surface area contributed by atoms with Crippen LogP contribution in [0, 0.1) is 0 Å². The summed E-state index contributed by atoms with van der Waals surface area (Å²) in [5.41, 5.74) is 4.57. The Kier molecular flexibility index (Phi) is 9.62. The molecule has 0 aromatic heterocycles. The van der Waals surface area contributed by atoms with Gasteiger partial charge in [-0.1, -0.05) is 41.9 Å². The summed E-state index contributed by atoms with van der Waals surface area (Å²) in [5, 5.41) is 3.82. The average Bonchev–Trinajstić information content (AvgIpc) is 2.77. The Morgan fingerprint density at radius 3 is 2.60 bits per heavy atom. The zero-order valence-corrected chi connectivity index (χ0v) is 22.1. The van der Waals surface area contributed by atoms with E-state index >= 15 is 0 Å². The molecule has 5 nitrogen and oxygen atoms in total. The van der Waals surface area contributed by atoms with Gasteiger partial charge in [0, 0.05) is 23.4 Å². The van der Waals surface area contributed by atoms with Gasteiger partial charge >= 0.3 is 12.1 Å². The van der Waals surface area contributed by atoms with Gasteiger partial charge < -0.3 is 14.8 Å². The van der Waals surface area contributed by atoms with Crippen LogP contribution in [0.3, 0.4) is 0 Å². The van der Waals surface area contributed by atoms with Crippen LogP contribution in [0.25, 0.3) is 0 Å². The van der Waals surface area contributed by atoms with Crippen molar-refractivity contribution in [1.82, 2.24) is 5.32 Å². The van der Waals surface area contributed by atoms with Crippen LogP contribution in [-0.4, -0.2) is 30.3 Å². The van der Waals surface area contributed by atoms with Gasteiger partial charge in [-0.2, -0.15) is 0 Å². The molecule has 0 radical (unpaired) electrons. The summed E-state index contributed by atoms with van der Waals surface area (Å²) >= 11 is 6.26. The van der Waals surface area contributed by atoms with Crippen molar-refractivity contribution in [3.63, 3.8) is 0 Å². The summed E-state index contributed by atoms with van der Waals surface area (Å²) < 4.78 is 10.6. The van der Waals surface area contributed by atoms with Gasteiger partial charge in [-0.15, -0.1) is 0 Å². The van der Waals surface area contributed by atoms with Crippen LogP contribution in [0.1, 0.15) is 81.5 Å². The number of halogens is 1. The van der Waals surface area contributed by atoms with Crippen molar-refractivity contribution >= 4 is 23.7 Å². The Morgan fingerprint density at radius 1 is 1.09 bits per heavy atom. The van der Waals surface area contributed by atoms with Crippen LogP contribution in [0.15, 0.2) is 42.5 Å². The van der Waals surface area contributed by atoms with Crippen molar-refractivity contribution < 1.29 is 19.1 Å². The zero-order valence-electron chi connectivity index (χ0n) is 21.4. The summed E-state index contributed by atoms with van der Waals surface area (Å²) in [5.74, 6) is -0.0132. The number of rotatable bonds is 9. The van der Waals surface area contributed by atoms with E-state index in [0.717, 1.165) is 44.1 Å². The molecule has 0 saturated carbocycles. The number of aryl methyl sites for hydroxylation is 2. The number of ether oxygens (including phenoxy) is 2. The highest BCUT2D eigenvalue weighted by molar-refractivity contribution is 6.30. The standard InChI is InChI=1S/C29H38ClNO4/c1-5-34-28(33)31-26-16-15-22-14-13-20(9-6-7-12-27(32)35-29(2,3)4)18-24(22)25(26)19-21-10-8-11-23(30)17-21/h8,10-11,13-14,17-18,25-26H,5-7,9,12,15-16,19H2,1-4H3,(H,31,33). The maximum absolute atomic E-state index is 12.3. The lowest BCUT2D eigenvalue weighted by molar-refractivity contribution is -0.154. The number of unbranched alkanes of at least 4 members (excludes halogenated alkanes) is 1. The normalized spacial score (nSPS) is 17.4. The molecule has 190 valence electrons. The Labute approximate surface area is 214 Å². The fourth-order valence-electron chi connectivity index (χ4n) is 4.76. The molecule has 0 heterocycles. The quantitative estimate of drug-likeness (QED) is 0.305. The summed E-state index contributed by atoms with van der Waals surface area (Å²) in [6.45, 7) is 7.83. The lowest BCUT2D eigenvalue weighted by Gasteiger charge is -2.34. The van der Waals surface area contributed by atoms with Crippen molar-refractivity contribution in [3.8, 4) is 0 Å². The smallest absolute Gasteiger partial charge is 0.407 e. The Hall–Kier alpha value is -2.53. The highest BCUT2D eigenvalue weighted by Crippen LogP contribution is 2.36. The summed E-state index contributed by atoms with van der Waals surface area (Å²) in [6.07, 6.45) is 5.25. The number of esters is 1. The zero-order chi connectivity index (χ0) is 25.4. The molecule has 6 heteroatoms. The van der Waals surface area contributed by atoms with Crippen LogP contribution in [0.2, 0.25) is 5.02 Å². The minimum absolute atomic E-state index is 0.0112. The SMILES string of the molecule is CCOC(=O)NC1CCc2ccc(CCCCC(=O)OC(C)(C)C)cc2C1Cc1cccc(Cl)c1. The summed E-state index contributed by atoms with van der Waals surface area (Å²) in [7, 11) is 0. The molecule has 2 aromatic rings. The van der Waals surface area contributed by atoms with Gasteiger partial charge in [0.25, 0.3) is 0 Å². The minimum Gasteiger partial charge on any atom is -0.460 e. The summed E-state index contributed by atoms with van der Waals surface area (Å²) in [4.78, 5) is 24.3. The first-order valence-electron chi connectivity index (χ1n) is 12.7. The van der Waals surface area contributed by atoms with Crippen molar-refractivity contribution in [2.45, 2.75) is 90.2 Å². The second kappa shape index (κ2) is 12.4. The van der Waals surface area contributed by atoms with E-state index in [4.69, 9.17) is 21.1 Å². The van der Waals surface area contributed by atoms with E-state index in [1.807, 2.05) is 45.9 Å². The fraction of sp³-hybridized carbons (Fsp3) is 0.517. The third kappa shape index (κ3) is 8.57. The van der Waals surface area contributed by atoms with E-state index in [9.17, 15) is 9.59 Å². The number of fused-ring (bicyclic) bond motifs is 1. The van der Waals surface area contributed by atoms with Gasteiger partial charge in [0.2, 0.25) is 0 Å². The molecule has 1 aliphatic carbocycles. The van der Waals surface area contributed by atoms with Gasteiger partial charge in [0.1, 0.15) is 5.60 Å². The molecule has 2 unspecified atom stereocenters. The van der Waals surface area contributed by atoms with Gasteiger partial charge in [0.05, 0.1) is 6.61 Å². The van der Waals surface area contributed by atoms with Crippen LogP contribution in [-0.2, 0) is 33.5 Å². The molecule has 0 aliphatic heterocycles. The van der Waals surface area contributed by atoms with E-state index in [0.29, 0.717) is 18.1 Å². The molecule has 0 fully saturated rings. The molecule has 1 aliphatic rings. The van der Waals surface area contributed by atoms with Gasteiger partial charge in [-0.3, -0.25) is 4.79 Å². The second-order valence-corrected chi connectivity index (χ2v) is 10.7. The number of benzene rings is 2. The predicted octanol–water partition coefficient (Wildman–Crippen LogP) is 6.78. The van der Waals surface area contributed by atoms with Crippen LogP contribution in [0.5, 0.6) is 0 Å². The Morgan fingerprint density at radius 2 is 1.89 bits per heavy atom. The molecule has 3 rings (SSSR count). The van der Waals surface area contributed by atoms with Gasteiger partial charge in [-0.05, 0) is 101 Å². The first kappa shape index (κ1) is 27.1. The Bertz CT molecular complexity index is 1010. The highest BCUT2D eigenvalue weighted by atomic mass is 35.5. The number of hydrogen-bond donors (Lipinski definition) is 1. The van der Waals surface area contributed by atoms with Crippen molar-refractivity contribution in [2.24, 2.45) is 0 Å². The number of hydrogen-bond acceptors (Lipinski definition) is 4. The van der Waals surface area contributed by atoms with E-state index in [1.54, 1.807) is 0 Å². The molecule has 2 aromatic carbocycles. The molecule has 0 saturated heterocycles. The number of carbonyl (C=O) groups excluding carboxylic acids is 2. The maximum atomic E-state index is 12.3. The van der Waals surface area contributed by atoms with Gasteiger partial charge in [0.15, 0.2) is 0 Å². The van der Waals surface area contributed by atoms with Crippen LogP contribution in [0.4, 0.5) is 4.79 Å². The van der Waals surface area contributed by atoms with Crippen molar-refractivity contribution in [3.05, 3.63) is 69.7 Å². The molecule has 1 amide bonds. The van der Waals surface area contributed by atoms with Crippen molar-refractivity contribution in [1.29, 1.82) is 0 Å². The van der Waals surface area contributed by atoms with Gasteiger partial charge in [-0.25, -0.2) is 4.79 Å². The molecule has 35 heavy (non-hydrogen) atoms.